The van der Waals surface area contributed by atoms with E-state index >= 15 is 0 Å². The predicted octanol–water partition coefficient (Wildman–Crippen LogP) is 1.88. The quantitative estimate of drug-likeness (QED) is 0.864. The van der Waals surface area contributed by atoms with Gasteiger partial charge in [-0.05, 0) is 23.0 Å². The first-order valence-corrected chi connectivity index (χ1v) is 7.23. The standard InChI is InChI=1S/C12H17BrF2N4O2/c1-17(3-4-18(2)11(20)21)6-8-10(13)9-5-12(14,15)7-19(9)16-8/h3-7H2,1-2H3,(H,20,21). The van der Waals surface area contributed by atoms with Crippen LogP contribution in [0.4, 0.5) is 13.6 Å². The summed E-state index contributed by atoms with van der Waals surface area (Å²) in [5.41, 5.74) is 1.21. The van der Waals surface area contributed by atoms with E-state index < -0.39 is 12.0 Å². The maximum Gasteiger partial charge on any atom is 0.407 e. The smallest absolute Gasteiger partial charge is 0.407 e. The molecule has 0 aliphatic carbocycles. The Labute approximate surface area is 129 Å². The number of rotatable bonds is 5. The van der Waals surface area contributed by atoms with E-state index in [1.807, 2.05) is 11.9 Å². The van der Waals surface area contributed by atoms with Gasteiger partial charge in [-0.3, -0.25) is 9.58 Å². The number of carbonyl (C=O) groups is 1. The van der Waals surface area contributed by atoms with E-state index in [-0.39, 0.29) is 13.0 Å². The number of likely N-dealkylation sites (N-methyl/N-ethyl adjacent to an activating group) is 2. The lowest BCUT2D eigenvalue weighted by Gasteiger charge is -2.19. The Morgan fingerprint density at radius 1 is 1.48 bits per heavy atom. The molecular formula is C12H17BrF2N4O2. The van der Waals surface area contributed by atoms with Gasteiger partial charge in [0.05, 0.1) is 22.3 Å². The monoisotopic (exact) mass is 366 g/mol. The summed E-state index contributed by atoms with van der Waals surface area (Å²) in [7, 11) is 3.33. The van der Waals surface area contributed by atoms with Crippen LogP contribution >= 0.6 is 15.9 Å². The SMILES string of the molecule is CN(CCN(C)C(=O)O)Cc1nn2c(c1Br)CC(F)(F)C2. The van der Waals surface area contributed by atoms with Crippen LogP contribution in [0.25, 0.3) is 0 Å². The largest absolute Gasteiger partial charge is 0.465 e. The molecule has 0 fully saturated rings. The van der Waals surface area contributed by atoms with Crippen molar-refractivity contribution < 1.29 is 18.7 Å². The number of halogens is 3. The van der Waals surface area contributed by atoms with Crippen molar-refractivity contribution in [2.24, 2.45) is 0 Å². The van der Waals surface area contributed by atoms with E-state index in [0.717, 1.165) is 0 Å². The lowest BCUT2D eigenvalue weighted by atomic mass is 10.2. The van der Waals surface area contributed by atoms with Gasteiger partial charge in [0.25, 0.3) is 5.92 Å². The van der Waals surface area contributed by atoms with Crippen molar-refractivity contribution in [3.8, 4) is 0 Å². The molecule has 1 amide bonds. The van der Waals surface area contributed by atoms with Gasteiger partial charge in [0, 0.05) is 26.7 Å². The highest BCUT2D eigenvalue weighted by molar-refractivity contribution is 9.10. The van der Waals surface area contributed by atoms with E-state index in [9.17, 15) is 13.6 Å². The summed E-state index contributed by atoms with van der Waals surface area (Å²) in [6, 6.07) is 0. The van der Waals surface area contributed by atoms with Gasteiger partial charge in [0.2, 0.25) is 0 Å². The van der Waals surface area contributed by atoms with Crippen LogP contribution in [0.3, 0.4) is 0 Å². The van der Waals surface area contributed by atoms with E-state index in [0.29, 0.717) is 35.5 Å². The minimum atomic E-state index is -2.72. The molecule has 1 N–H and O–H groups in total. The Bertz CT molecular complexity index is 550. The van der Waals surface area contributed by atoms with Crippen molar-refractivity contribution in [1.29, 1.82) is 0 Å². The lowest BCUT2D eigenvalue weighted by Crippen LogP contribution is -2.33. The summed E-state index contributed by atoms with van der Waals surface area (Å²) in [5.74, 6) is -2.72. The van der Waals surface area contributed by atoms with Crippen LogP contribution in [-0.2, 0) is 19.5 Å². The summed E-state index contributed by atoms with van der Waals surface area (Å²) in [4.78, 5) is 13.8. The summed E-state index contributed by atoms with van der Waals surface area (Å²) in [6.07, 6.45) is -1.28. The van der Waals surface area contributed by atoms with Gasteiger partial charge in [0.1, 0.15) is 6.54 Å². The minimum absolute atomic E-state index is 0.300. The van der Waals surface area contributed by atoms with Gasteiger partial charge < -0.3 is 10.0 Å². The molecule has 2 rings (SSSR count). The number of amides is 1. The third-order valence-corrected chi connectivity index (χ3v) is 4.35. The van der Waals surface area contributed by atoms with Crippen LogP contribution < -0.4 is 0 Å². The minimum Gasteiger partial charge on any atom is -0.465 e. The van der Waals surface area contributed by atoms with Gasteiger partial charge >= 0.3 is 6.09 Å². The van der Waals surface area contributed by atoms with Crippen LogP contribution in [0.2, 0.25) is 0 Å². The van der Waals surface area contributed by atoms with Crippen molar-refractivity contribution in [3.05, 3.63) is 15.9 Å². The van der Waals surface area contributed by atoms with Gasteiger partial charge in [-0.25, -0.2) is 13.6 Å². The van der Waals surface area contributed by atoms with Crippen molar-refractivity contribution in [1.82, 2.24) is 19.6 Å². The first kappa shape index (κ1) is 16.2. The van der Waals surface area contributed by atoms with Crippen molar-refractivity contribution >= 4 is 22.0 Å². The van der Waals surface area contributed by atoms with Crippen LogP contribution in [0.1, 0.15) is 11.4 Å². The molecule has 6 nitrogen and oxygen atoms in total. The Hall–Kier alpha value is -1.22. The molecule has 9 heteroatoms. The zero-order valence-electron chi connectivity index (χ0n) is 11.8. The Morgan fingerprint density at radius 3 is 2.71 bits per heavy atom. The number of carboxylic acid groups (broad SMARTS) is 1. The predicted molar refractivity (Wildman–Crippen MR) is 75.6 cm³/mol. The Balaban J connectivity index is 1.94. The summed E-state index contributed by atoms with van der Waals surface area (Å²) < 4.78 is 28.5. The van der Waals surface area contributed by atoms with Crippen molar-refractivity contribution in [2.45, 2.75) is 25.4 Å². The summed E-state index contributed by atoms with van der Waals surface area (Å²) >= 11 is 3.34. The highest BCUT2D eigenvalue weighted by atomic mass is 79.9. The maximum absolute atomic E-state index is 13.3. The molecule has 118 valence electrons. The third kappa shape index (κ3) is 3.70. The first-order valence-electron chi connectivity index (χ1n) is 6.44. The molecule has 0 radical (unpaired) electrons. The molecule has 1 aromatic rings. The molecule has 0 atom stereocenters. The maximum atomic E-state index is 13.3. The molecular weight excluding hydrogens is 350 g/mol. The molecule has 21 heavy (non-hydrogen) atoms. The topological polar surface area (TPSA) is 61.6 Å². The van der Waals surface area contributed by atoms with Gasteiger partial charge in [-0.1, -0.05) is 0 Å². The van der Waals surface area contributed by atoms with Crippen molar-refractivity contribution in [2.75, 3.05) is 27.2 Å². The molecule has 1 aliphatic rings. The van der Waals surface area contributed by atoms with Gasteiger partial charge in [-0.2, -0.15) is 5.10 Å². The second-order valence-corrected chi connectivity index (χ2v) is 6.13. The fourth-order valence-corrected chi connectivity index (χ4v) is 2.75. The molecule has 0 unspecified atom stereocenters. The molecule has 0 saturated heterocycles. The summed E-state index contributed by atoms with van der Waals surface area (Å²) in [5, 5.41) is 13.0. The molecule has 0 saturated carbocycles. The molecule has 2 heterocycles. The molecule has 1 aromatic heterocycles. The van der Waals surface area contributed by atoms with Crippen LogP contribution in [0.15, 0.2) is 4.47 Å². The van der Waals surface area contributed by atoms with Crippen LogP contribution in [0, 0.1) is 0 Å². The second-order valence-electron chi connectivity index (χ2n) is 5.34. The number of alkyl halides is 2. The zero-order chi connectivity index (χ0) is 15.8. The van der Waals surface area contributed by atoms with Gasteiger partial charge in [0.15, 0.2) is 0 Å². The number of hydrogen-bond donors (Lipinski definition) is 1. The first-order chi connectivity index (χ1) is 9.69. The summed E-state index contributed by atoms with van der Waals surface area (Å²) in [6.45, 7) is 0.995. The molecule has 0 spiro atoms. The molecule has 0 bridgehead atoms. The fraction of sp³-hybridized carbons (Fsp3) is 0.667. The van der Waals surface area contributed by atoms with Crippen LogP contribution in [-0.4, -0.2) is 63.9 Å². The lowest BCUT2D eigenvalue weighted by molar-refractivity contribution is 0.000739. The van der Waals surface area contributed by atoms with E-state index in [4.69, 9.17) is 5.11 Å². The number of hydrogen-bond acceptors (Lipinski definition) is 3. The highest BCUT2D eigenvalue weighted by Crippen LogP contribution is 2.35. The van der Waals surface area contributed by atoms with Crippen LogP contribution in [0.5, 0.6) is 0 Å². The van der Waals surface area contributed by atoms with E-state index in [1.165, 1.54) is 16.6 Å². The zero-order valence-corrected chi connectivity index (χ0v) is 13.4. The average Bonchev–Trinajstić information content (AvgIpc) is 2.81. The molecule has 1 aliphatic heterocycles. The third-order valence-electron chi connectivity index (χ3n) is 3.43. The fourth-order valence-electron chi connectivity index (χ4n) is 2.20. The number of fused-ring (bicyclic) bond motifs is 1. The average molecular weight is 367 g/mol. The highest BCUT2D eigenvalue weighted by Gasteiger charge is 2.40. The second kappa shape index (κ2) is 5.88. The number of nitrogens with zero attached hydrogens (tertiary/aromatic N) is 4. The Kier molecular flexibility index (Phi) is 4.52. The van der Waals surface area contributed by atoms with Gasteiger partial charge in [-0.15, -0.1) is 0 Å². The molecule has 0 aromatic carbocycles. The number of aromatic nitrogens is 2. The Morgan fingerprint density at radius 2 is 2.14 bits per heavy atom. The van der Waals surface area contributed by atoms with Crippen molar-refractivity contribution in [3.63, 3.8) is 0 Å². The van der Waals surface area contributed by atoms with E-state index in [2.05, 4.69) is 21.0 Å². The van der Waals surface area contributed by atoms with E-state index in [1.54, 1.807) is 0 Å². The normalized spacial score (nSPS) is 16.3.